The van der Waals surface area contributed by atoms with Gasteiger partial charge in [0.2, 0.25) is 0 Å². The summed E-state index contributed by atoms with van der Waals surface area (Å²) in [6.07, 6.45) is 1.48. The number of benzene rings is 1. The fourth-order valence-corrected chi connectivity index (χ4v) is 2.83. The number of aryl methyl sites for hydroxylation is 3. The molecule has 1 aliphatic rings. The van der Waals surface area contributed by atoms with E-state index in [2.05, 4.69) is 5.32 Å². The van der Waals surface area contributed by atoms with E-state index in [1.165, 1.54) is 13.2 Å². The third-order valence-electron chi connectivity index (χ3n) is 4.19. The van der Waals surface area contributed by atoms with Crippen LogP contribution in [0.4, 0.5) is 4.39 Å². The highest BCUT2D eigenvalue weighted by molar-refractivity contribution is 5.92. The number of ether oxygens (including phenoxy) is 1. The Morgan fingerprint density at radius 2 is 2.14 bits per heavy atom. The van der Waals surface area contributed by atoms with E-state index in [9.17, 15) is 9.18 Å². The molecular weight excluding hydrogens is 285 g/mol. The molecule has 1 aliphatic carbocycles. The number of fused-ring (bicyclic) bond motifs is 1. The molecule has 0 saturated heterocycles. The molecule has 0 radical (unpaired) electrons. The van der Waals surface area contributed by atoms with Crippen LogP contribution in [0.5, 0.6) is 5.75 Å². The van der Waals surface area contributed by atoms with Gasteiger partial charge in [-0.3, -0.25) is 4.79 Å². The van der Waals surface area contributed by atoms with Crippen LogP contribution >= 0.6 is 0 Å². The monoisotopic (exact) mass is 303 g/mol. The zero-order valence-corrected chi connectivity index (χ0v) is 12.8. The smallest absolute Gasteiger partial charge is 0.287 e. The van der Waals surface area contributed by atoms with Crippen molar-refractivity contribution in [3.63, 3.8) is 0 Å². The van der Waals surface area contributed by atoms with Crippen molar-refractivity contribution in [3.8, 4) is 5.75 Å². The van der Waals surface area contributed by atoms with Crippen LogP contribution in [-0.2, 0) is 6.42 Å². The lowest BCUT2D eigenvalue weighted by atomic mass is 10.1. The summed E-state index contributed by atoms with van der Waals surface area (Å²) in [6.45, 7) is 3.72. The Hall–Kier alpha value is -2.30. The highest BCUT2D eigenvalue weighted by atomic mass is 19.1. The van der Waals surface area contributed by atoms with Gasteiger partial charge in [-0.25, -0.2) is 4.39 Å². The first-order chi connectivity index (χ1) is 10.5. The predicted octanol–water partition coefficient (Wildman–Crippen LogP) is 3.46. The van der Waals surface area contributed by atoms with Crippen molar-refractivity contribution in [1.82, 2.24) is 5.32 Å². The van der Waals surface area contributed by atoms with Crippen molar-refractivity contribution in [2.45, 2.75) is 32.7 Å². The van der Waals surface area contributed by atoms with E-state index in [0.29, 0.717) is 5.76 Å². The molecule has 116 valence electrons. The van der Waals surface area contributed by atoms with Crippen molar-refractivity contribution >= 4 is 5.91 Å². The maximum atomic E-state index is 13.7. The Morgan fingerprint density at radius 3 is 2.77 bits per heavy atom. The van der Waals surface area contributed by atoms with Crippen LogP contribution in [0.1, 0.15) is 45.5 Å². The van der Waals surface area contributed by atoms with Crippen molar-refractivity contribution in [2.75, 3.05) is 7.11 Å². The molecule has 1 aromatic heterocycles. The van der Waals surface area contributed by atoms with Crippen molar-refractivity contribution in [1.29, 1.82) is 0 Å². The number of carbonyl (C=O) groups excluding carboxylic acids is 1. The summed E-state index contributed by atoms with van der Waals surface area (Å²) in [5.41, 5.74) is 2.77. The van der Waals surface area contributed by atoms with Gasteiger partial charge in [-0.1, -0.05) is 0 Å². The van der Waals surface area contributed by atoms with Crippen molar-refractivity contribution in [3.05, 3.63) is 52.2 Å². The van der Waals surface area contributed by atoms with Gasteiger partial charge in [0.25, 0.3) is 5.91 Å². The Bertz CT molecular complexity index is 716. The van der Waals surface area contributed by atoms with Gasteiger partial charge < -0.3 is 14.5 Å². The first-order valence-corrected chi connectivity index (χ1v) is 7.23. The Labute approximate surface area is 128 Å². The second kappa shape index (κ2) is 5.48. The standard InChI is InChI=1S/C17H18FNO3/c1-9-6-16(22-10(9)2)17(20)19-14-5-4-11-7-13(18)15(21-3)8-12(11)14/h6-8,14H,4-5H2,1-3H3,(H,19,20). The minimum atomic E-state index is -0.370. The number of rotatable bonds is 3. The molecule has 22 heavy (non-hydrogen) atoms. The highest BCUT2D eigenvalue weighted by Gasteiger charge is 2.27. The topological polar surface area (TPSA) is 51.5 Å². The van der Waals surface area contributed by atoms with Gasteiger partial charge in [0.1, 0.15) is 5.76 Å². The van der Waals surface area contributed by atoms with E-state index in [1.54, 1.807) is 12.1 Å². The van der Waals surface area contributed by atoms with Crippen LogP contribution < -0.4 is 10.1 Å². The molecule has 1 aromatic carbocycles. The molecule has 1 unspecified atom stereocenters. The van der Waals surface area contributed by atoms with Crippen LogP contribution in [-0.4, -0.2) is 13.0 Å². The third kappa shape index (κ3) is 2.47. The van der Waals surface area contributed by atoms with E-state index in [-0.39, 0.29) is 23.5 Å². The Kier molecular flexibility index (Phi) is 3.64. The fraction of sp³-hybridized carbons (Fsp3) is 0.353. The molecule has 5 heteroatoms. The second-order valence-electron chi connectivity index (χ2n) is 5.60. The quantitative estimate of drug-likeness (QED) is 0.944. The summed E-state index contributed by atoms with van der Waals surface area (Å²) in [7, 11) is 1.43. The molecule has 0 saturated carbocycles. The van der Waals surface area contributed by atoms with Crippen LogP contribution in [0.2, 0.25) is 0 Å². The van der Waals surface area contributed by atoms with Gasteiger partial charge in [0.15, 0.2) is 17.3 Å². The third-order valence-corrected chi connectivity index (χ3v) is 4.19. The number of carbonyl (C=O) groups is 1. The molecule has 1 atom stereocenters. The first-order valence-electron chi connectivity index (χ1n) is 7.23. The molecule has 0 spiro atoms. The molecular formula is C17H18FNO3. The number of halogens is 1. The Balaban J connectivity index is 1.83. The van der Waals surface area contributed by atoms with Gasteiger partial charge in [-0.05, 0) is 61.6 Å². The molecule has 1 N–H and O–H groups in total. The largest absolute Gasteiger partial charge is 0.494 e. The van der Waals surface area contributed by atoms with E-state index >= 15 is 0 Å². The number of furan rings is 1. The van der Waals surface area contributed by atoms with Crippen molar-refractivity contribution < 1.29 is 18.3 Å². The molecule has 3 rings (SSSR count). The van der Waals surface area contributed by atoms with Gasteiger partial charge in [-0.2, -0.15) is 0 Å². The SMILES string of the molecule is COc1cc2c(cc1F)CCC2NC(=O)c1cc(C)c(C)o1. The molecule has 0 aliphatic heterocycles. The van der Waals surface area contributed by atoms with E-state index in [1.807, 2.05) is 13.8 Å². The summed E-state index contributed by atoms with van der Waals surface area (Å²) in [6, 6.07) is 4.73. The lowest BCUT2D eigenvalue weighted by Crippen LogP contribution is -2.26. The maximum Gasteiger partial charge on any atom is 0.287 e. The maximum absolute atomic E-state index is 13.7. The number of methoxy groups -OCH3 is 1. The average molecular weight is 303 g/mol. The molecule has 2 aromatic rings. The van der Waals surface area contributed by atoms with Gasteiger partial charge in [0.05, 0.1) is 13.2 Å². The zero-order chi connectivity index (χ0) is 15.9. The van der Waals surface area contributed by atoms with Crippen molar-refractivity contribution in [2.24, 2.45) is 0 Å². The average Bonchev–Trinajstić information content (AvgIpc) is 3.02. The summed E-state index contributed by atoms with van der Waals surface area (Å²) in [5, 5.41) is 2.95. The summed E-state index contributed by atoms with van der Waals surface area (Å²) < 4.78 is 24.2. The van der Waals surface area contributed by atoms with E-state index in [4.69, 9.17) is 9.15 Å². The highest BCUT2D eigenvalue weighted by Crippen LogP contribution is 2.35. The second-order valence-corrected chi connectivity index (χ2v) is 5.60. The predicted molar refractivity (Wildman–Crippen MR) is 79.7 cm³/mol. The lowest BCUT2D eigenvalue weighted by molar-refractivity contribution is 0.0907. The summed E-state index contributed by atoms with van der Waals surface area (Å²) in [4.78, 5) is 12.3. The Morgan fingerprint density at radius 1 is 1.36 bits per heavy atom. The first kappa shape index (κ1) is 14.6. The molecule has 4 nitrogen and oxygen atoms in total. The van der Waals surface area contributed by atoms with E-state index < -0.39 is 0 Å². The number of hydrogen-bond acceptors (Lipinski definition) is 3. The van der Waals surface area contributed by atoms with Crippen LogP contribution in [0.25, 0.3) is 0 Å². The summed E-state index contributed by atoms with van der Waals surface area (Å²) >= 11 is 0. The van der Waals surface area contributed by atoms with Crippen LogP contribution in [0.15, 0.2) is 22.6 Å². The molecule has 0 bridgehead atoms. The summed E-state index contributed by atoms with van der Waals surface area (Å²) in [5.74, 6) is 0.616. The van der Waals surface area contributed by atoms with Gasteiger partial charge in [0, 0.05) is 0 Å². The van der Waals surface area contributed by atoms with Gasteiger partial charge >= 0.3 is 0 Å². The molecule has 1 heterocycles. The van der Waals surface area contributed by atoms with Gasteiger partial charge in [-0.15, -0.1) is 0 Å². The minimum absolute atomic E-state index is 0.150. The lowest BCUT2D eigenvalue weighted by Gasteiger charge is -2.14. The molecule has 1 amide bonds. The minimum Gasteiger partial charge on any atom is -0.494 e. The van der Waals surface area contributed by atoms with Crippen LogP contribution in [0.3, 0.4) is 0 Å². The number of nitrogens with one attached hydrogen (secondary N) is 1. The normalized spacial score (nSPS) is 16.5. The number of amides is 1. The van der Waals surface area contributed by atoms with E-state index in [0.717, 1.165) is 35.3 Å². The zero-order valence-electron chi connectivity index (χ0n) is 12.8. The van der Waals surface area contributed by atoms with Crippen LogP contribution in [0, 0.1) is 19.7 Å². The molecule has 0 fully saturated rings. The number of hydrogen-bond donors (Lipinski definition) is 1. The fourth-order valence-electron chi connectivity index (χ4n) is 2.83.